The van der Waals surface area contributed by atoms with E-state index in [0.717, 1.165) is 12.8 Å². The van der Waals surface area contributed by atoms with Crippen LogP contribution in [0.3, 0.4) is 0 Å². The van der Waals surface area contributed by atoms with Crippen molar-refractivity contribution in [3.63, 3.8) is 0 Å². The van der Waals surface area contributed by atoms with Crippen LogP contribution in [-0.4, -0.2) is 27.6 Å². The predicted molar refractivity (Wildman–Crippen MR) is 94.8 cm³/mol. The summed E-state index contributed by atoms with van der Waals surface area (Å²) in [6.45, 7) is 3.18. The lowest BCUT2D eigenvalue weighted by Crippen LogP contribution is -2.33. The number of nitrogens with zero attached hydrogens (tertiary/aromatic N) is 3. The van der Waals surface area contributed by atoms with E-state index in [-0.39, 0.29) is 34.0 Å². The molecule has 1 aromatic carbocycles. The van der Waals surface area contributed by atoms with E-state index < -0.39 is 4.92 Å². The molecule has 0 unspecified atom stereocenters. The number of benzene rings is 1. The molecule has 1 amide bonds. The van der Waals surface area contributed by atoms with E-state index >= 15 is 0 Å². The average Bonchev–Trinajstić information content (AvgIpc) is 3.29. The largest absolute Gasteiger partial charge is 0.294 e. The maximum Gasteiger partial charge on any atom is 0.288 e. The SMILES string of the molecule is CC(=O)c1sc(N(C(=O)c2ccc(Cl)c([N+](=O)[O-])c2)C2CC2)nc1C. The van der Waals surface area contributed by atoms with Gasteiger partial charge < -0.3 is 0 Å². The summed E-state index contributed by atoms with van der Waals surface area (Å²) in [4.78, 5) is 41.4. The Kier molecular flexibility index (Phi) is 4.57. The van der Waals surface area contributed by atoms with Gasteiger partial charge >= 0.3 is 0 Å². The first kappa shape index (κ1) is 17.5. The molecule has 1 heterocycles. The highest BCUT2D eigenvalue weighted by molar-refractivity contribution is 7.17. The van der Waals surface area contributed by atoms with Crippen molar-refractivity contribution in [1.29, 1.82) is 0 Å². The summed E-state index contributed by atoms with van der Waals surface area (Å²) in [5.41, 5.74) is 0.427. The standard InChI is InChI=1S/C16H14ClN3O4S/c1-8-14(9(2)21)25-16(18-8)19(11-4-5-11)15(22)10-3-6-12(17)13(7-10)20(23)24/h3,6-7,11H,4-5H2,1-2H3. The van der Waals surface area contributed by atoms with Gasteiger partial charge in [-0.05, 0) is 31.9 Å². The van der Waals surface area contributed by atoms with Gasteiger partial charge in [-0.1, -0.05) is 22.9 Å². The van der Waals surface area contributed by atoms with Crippen molar-refractivity contribution in [2.24, 2.45) is 0 Å². The number of nitro groups is 1. The number of carbonyl (C=O) groups is 2. The smallest absolute Gasteiger partial charge is 0.288 e. The molecule has 0 bridgehead atoms. The van der Waals surface area contributed by atoms with Gasteiger partial charge in [0.25, 0.3) is 11.6 Å². The molecule has 0 spiro atoms. The number of thiazole rings is 1. The number of ketones is 1. The first-order valence-electron chi connectivity index (χ1n) is 7.55. The highest BCUT2D eigenvalue weighted by atomic mass is 35.5. The second-order valence-corrected chi connectivity index (χ2v) is 7.18. The molecule has 1 fully saturated rings. The Morgan fingerprint density at radius 1 is 1.40 bits per heavy atom. The number of aromatic nitrogens is 1. The van der Waals surface area contributed by atoms with Crippen LogP contribution in [0.4, 0.5) is 10.8 Å². The van der Waals surface area contributed by atoms with Gasteiger partial charge in [0, 0.05) is 24.6 Å². The van der Waals surface area contributed by atoms with Crippen molar-refractivity contribution in [1.82, 2.24) is 4.98 Å². The third-order valence-electron chi connectivity index (χ3n) is 3.83. The van der Waals surface area contributed by atoms with Crippen LogP contribution in [0.15, 0.2) is 18.2 Å². The molecular formula is C16H14ClN3O4S. The van der Waals surface area contributed by atoms with Crippen LogP contribution in [-0.2, 0) is 0 Å². The molecule has 7 nitrogen and oxygen atoms in total. The minimum Gasteiger partial charge on any atom is -0.294 e. The molecule has 0 radical (unpaired) electrons. The monoisotopic (exact) mass is 379 g/mol. The van der Waals surface area contributed by atoms with Crippen LogP contribution in [0.1, 0.15) is 45.5 Å². The maximum atomic E-state index is 12.9. The quantitative estimate of drug-likeness (QED) is 0.444. The first-order chi connectivity index (χ1) is 11.8. The molecule has 130 valence electrons. The number of amides is 1. The fraction of sp³-hybridized carbons (Fsp3) is 0.312. The van der Waals surface area contributed by atoms with Gasteiger partial charge in [0.2, 0.25) is 0 Å². The Morgan fingerprint density at radius 2 is 2.08 bits per heavy atom. The first-order valence-corrected chi connectivity index (χ1v) is 8.75. The molecule has 2 aromatic rings. The molecule has 0 saturated heterocycles. The average molecular weight is 380 g/mol. The van der Waals surface area contributed by atoms with Gasteiger partial charge in [0.05, 0.1) is 15.5 Å². The zero-order valence-electron chi connectivity index (χ0n) is 13.5. The fourth-order valence-electron chi connectivity index (χ4n) is 2.48. The Morgan fingerprint density at radius 3 is 2.60 bits per heavy atom. The summed E-state index contributed by atoms with van der Waals surface area (Å²) in [6.07, 6.45) is 1.66. The van der Waals surface area contributed by atoms with Crippen molar-refractivity contribution in [2.45, 2.75) is 32.7 Å². The third kappa shape index (κ3) is 3.40. The van der Waals surface area contributed by atoms with Crippen LogP contribution >= 0.6 is 22.9 Å². The molecule has 1 saturated carbocycles. The van der Waals surface area contributed by atoms with E-state index in [1.165, 1.54) is 41.4 Å². The van der Waals surface area contributed by atoms with Crippen molar-refractivity contribution in [3.8, 4) is 0 Å². The highest BCUT2D eigenvalue weighted by Gasteiger charge is 2.37. The molecule has 1 aliphatic carbocycles. The molecule has 9 heteroatoms. The highest BCUT2D eigenvalue weighted by Crippen LogP contribution is 2.37. The molecule has 0 atom stereocenters. The predicted octanol–water partition coefficient (Wildman–Crippen LogP) is 4.02. The van der Waals surface area contributed by atoms with Crippen LogP contribution < -0.4 is 4.90 Å². The number of carbonyl (C=O) groups excluding carboxylic acids is 2. The molecular weight excluding hydrogens is 366 g/mol. The third-order valence-corrected chi connectivity index (χ3v) is 5.41. The van der Waals surface area contributed by atoms with Crippen molar-refractivity contribution < 1.29 is 14.5 Å². The zero-order valence-corrected chi connectivity index (χ0v) is 15.1. The fourth-order valence-corrected chi connectivity index (χ4v) is 3.70. The number of halogens is 1. The molecule has 25 heavy (non-hydrogen) atoms. The summed E-state index contributed by atoms with van der Waals surface area (Å²) < 4.78 is 0. The molecule has 1 aromatic heterocycles. The van der Waals surface area contributed by atoms with Gasteiger partial charge in [-0.25, -0.2) is 4.98 Å². The molecule has 3 rings (SSSR count). The summed E-state index contributed by atoms with van der Waals surface area (Å²) in [5, 5.41) is 11.5. The van der Waals surface area contributed by atoms with E-state index in [1.54, 1.807) is 6.92 Å². The number of anilines is 1. The van der Waals surface area contributed by atoms with Gasteiger partial charge in [-0.3, -0.25) is 24.6 Å². The topological polar surface area (TPSA) is 93.4 Å². The summed E-state index contributed by atoms with van der Waals surface area (Å²) in [7, 11) is 0. The van der Waals surface area contributed by atoms with Crippen LogP contribution in [0.25, 0.3) is 0 Å². The van der Waals surface area contributed by atoms with E-state index in [1.807, 2.05) is 0 Å². The normalized spacial score (nSPS) is 13.6. The minimum absolute atomic E-state index is 0.00686. The second-order valence-electron chi connectivity index (χ2n) is 5.80. The van der Waals surface area contributed by atoms with Crippen molar-refractivity contribution in [2.75, 3.05) is 4.90 Å². The number of Topliss-reactive ketones (excluding diaryl/α,β-unsaturated/α-hetero) is 1. The second kappa shape index (κ2) is 6.53. The number of hydrogen-bond acceptors (Lipinski definition) is 6. The summed E-state index contributed by atoms with van der Waals surface area (Å²) >= 11 is 6.98. The van der Waals surface area contributed by atoms with Gasteiger partial charge in [-0.15, -0.1) is 0 Å². The molecule has 1 aliphatic rings. The molecule has 0 N–H and O–H groups in total. The Hall–Kier alpha value is -2.32. The van der Waals surface area contributed by atoms with E-state index in [9.17, 15) is 19.7 Å². The van der Waals surface area contributed by atoms with E-state index in [4.69, 9.17) is 11.6 Å². The number of aryl methyl sites for hydroxylation is 1. The van der Waals surface area contributed by atoms with Crippen LogP contribution in [0.2, 0.25) is 5.02 Å². The van der Waals surface area contributed by atoms with Crippen LogP contribution in [0, 0.1) is 17.0 Å². The van der Waals surface area contributed by atoms with E-state index in [2.05, 4.69) is 4.98 Å². The van der Waals surface area contributed by atoms with Gasteiger partial charge in [0.1, 0.15) is 5.02 Å². The lowest BCUT2D eigenvalue weighted by molar-refractivity contribution is -0.384. The van der Waals surface area contributed by atoms with Gasteiger partial charge in [0.15, 0.2) is 10.9 Å². The summed E-state index contributed by atoms with van der Waals surface area (Å²) in [6, 6.07) is 3.96. The Labute approximate surface area is 152 Å². The maximum absolute atomic E-state index is 12.9. The lowest BCUT2D eigenvalue weighted by Gasteiger charge is -2.19. The van der Waals surface area contributed by atoms with E-state index in [0.29, 0.717) is 15.7 Å². The summed E-state index contributed by atoms with van der Waals surface area (Å²) in [5.74, 6) is -0.488. The minimum atomic E-state index is -0.623. The lowest BCUT2D eigenvalue weighted by atomic mass is 10.1. The van der Waals surface area contributed by atoms with Crippen molar-refractivity contribution >= 4 is 45.4 Å². The number of rotatable bonds is 5. The van der Waals surface area contributed by atoms with Crippen LogP contribution in [0.5, 0.6) is 0 Å². The molecule has 0 aliphatic heterocycles. The van der Waals surface area contributed by atoms with Gasteiger partial charge in [-0.2, -0.15) is 0 Å². The number of hydrogen-bond donors (Lipinski definition) is 0. The Balaban J connectivity index is 2.00. The zero-order chi connectivity index (χ0) is 18.3. The van der Waals surface area contributed by atoms with Crippen molar-refractivity contribution in [3.05, 3.63) is 49.5 Å². The number of nitro benzene ring substituents is 1. The Bertz CT molecular complexity index is 892.